The Morgan fingerprint density at radius 1 is 1.09 bits per heavy atom. The monoisotopic (exact) mass is 455 g/mol. The number of nitrogens with zero attached hydrogens (tertiary/aromatic N) is 4. The predicted molar refractivity (Wildman–Crippen MR) is 127 cm³/mol. The highest BCUT2D eigenvalue weighted by Gasteiger charge is 2.47. The fraction of sp³-hybridized carbons (Fsp3) is 0.375. The Morgan fingerprint density at radius 3 is 2.66 bits per heavy atom. The SMILES string of the molecule is CC1(C)C[C@H](n2ccc3cc(-c4cc5ncccc5cc4O)nnc32)[C@H](F)C(C)(C)N1.Cl. The molecule has 2 N–H and O–H groups in total. The summed E-state index contributed by atoms with van der Waals surface area (Å²) in [4.78, 5) is 4.36. The van der Waals surface area contributed by atoms with Crippen molar-refractivity contribution in [3.05, 3.63) is 48.8 Å². The van der Waals surface area contributed by atoms with E-state index in [1.807, 2.05) is 54.9 Å². The Bertz CT molecular complexity index is 1300. The lowest BCUT2D eigenvalue weighted by molar-refractivity contribution is 0.0313. The van der Waals surface area contributed by atoms with E-state index in [0.717, 1.165) is 16.3 Å². The molecule has 1 aromatic carbocycles. The van der Waals surface area contributed by atoms with Gasteiger partial charge in [0.2, 0.25) is 0 Å². The van der Waals surface area contributed by atoms with Crippen molar-refractivity contribution in [1.29, 1.82) is 0 Å². The molecule has 4 aromatic rings. The van der Waals surface area contributed by atoms with Gasteiger partial charge in [0.1, 0.15) is 11.9 Å². The quantitative estimate of drug-likeness (QED) is 0.434. The van der Waals surface area contributed by atoms with Crippen LogP contribution >= 0.6 is 12.4 Å². The van der Waals surface area contributed by atoms with Crippen LogP contribution in [0, 0.1) is 0 Å². The molecular weight excluding hydrogens is 429 g/mol. The molecule has 8 heteroatoms. The van der Waals surface area contributed by atoms with Crippen LogP contribution in [0.25, 0.3) is 33.2 Å². The van der Waals surface area contributed by atoms with Crippen molar-refractivity contribution in [3.8, 4) is 17.0 Å². The highest BCUT2D eigenvalue weighted by molar-refractivity contribution is 5.89. The molecule has 168 valence electrons. The van der Waals surface area contributed by atoms with Crippen LogP contribution < -0.4 is 5.32 Å². The van der Waals surface area contributed by atoms with Crippen molar-refractivity contribution >= 4 is 34.3 Å². The lowest BCUT2D eigenvalue weighted by Crippen LogP contribution is -2.64. The third-order valence-electron chi connectivity index (χ3n) is 6.22. The van der Waals surface area contributed by atoms with Gasteiger partial charge in [-0.25, -0.2) is 4.39 Å². The number of benzene rings is 1. The molecule has 3 aromatic heterocycles. The molecule has 0 aliphatic carbocycles. The molecule has 0 bridgehead atoms. The Balaban J connectivity index is 0.00000245. The van der Waals surface area contributed by atoms with Gasteiger partial charge in [-0.3, -0.25) is 4.98 Å². The summed E-state index contributed by atoms with van der Waals surface area (Å²) in [6, 6.07) is 10.7. The van der Waals surface area contributed by atoms with Gasteiger partial charge >= 0.3 is 0 Å². The van der Waals surface area contributed by atoms with E-state index < -0.39 is 11.7 Å². The number of phenols is 1. The van der Waals surface area contributed by atoms with Crippen molar-refractivity contribution in [2.75, 3.05) is 0 Å². The number of nitrogens with one attached hydrogen (secondary N) is 1. The molecule has 2 atom stereocenters. The second-order valence-corrected chi connectivity index (χ2v) is 9.70. The Kier molecular flexibility index (Phi) is 5.38. The number of aromatic hydroxyl groups is 1. The minimum atomic E-state index is -1.08. The summed E-state index contributed by atoms with van der Waals surface area (Å²) in [7, 11) is 0. The molecule has 32 heavy (non-hydrogen) atoms. The molecule has 1 aliphatic heterocycles. The zero-order chi connectivity index (χ0) is 22.0. The number of rotatable bonds is 2. The zero-order valence-corrected chi connectivity index (χ0v) is 19.3. The van der Waals surface area contributed by atoms with E-state index >= 15 is 4.39 Å². The Labute approximate surface area is 192 Å². The maximum atomic E-state index is 15.4. The van der Waals surface area contributed by atoms with Crippen LogP contribution in [-0.4, -0.2) is 42.1 Å². The first-order valence-corrected chi connectivity index (χ1v) is 10.5. The van der Waals surface area contributed by atoms with Crippen molar-refractivity contribution in [2.24, 2.45) is 0 Å². The average molecular weight is 456 g/mol. The van der Waals surface area contributed by atoms with Gasteiger partial charge in [0.25, 0.3) is 0 Å². The lowest BCUT2D eigenvalue weighted by atomic mass is 9.78. The van der Waals surface area contributed by atoms with E-state index in [2.05, 4.69) is 34.3 Å². The molecule has 0 saturated carbocycles. The summed E-state index contributed by atoms with van der Waals surface area (Å²) >= 11 is 0. The number of piperidine rings is 1. The minimum absolute atomic E-state index is 0. The summed E-state index contributed by atoms with van der Waals surface area (Å²) in [6.07, 6.45) is 3.17. The van der Waals surface area contributed by atoms with Gasteiger partial charge in [0.15, 0.2) is 5.65 Å². The first-order chi connectivity index (χ1) is 14.6. The standard InChI is InChI=1S/C24H26FN5O.ClH/c1-23(2)13-19(21(25)24(3,4)29-23)30-9-7-15-10-18(27-28-22(15)30)16-12-17-14(11-20(16)31)6-5-8-26-17;/h5-12,19,21,29,31H,13H2,1-4H3;1H/t19-,21-;/m0./s1. The first-order valence-electron chi connectivity index (χ1n) is 10.5. The first kappa shape index (κ1) is 22.4. The number of aromatic nitrogens is 4. The number of hydrogen-bond acceptors (Lipinski definition) is 5. The van der Waals surface area contributed by atoms with Crippen LogP contribution in [0.2, 0.25) is 0 Å². The van der Waals surface area contributed by atoms with Crippen molar-refractivity contribution in [1.82, 2.24) is 25.1 Å². The molecule has 0 amide bonds. The predicted octanol–water partition coefficient (Wildman–Crippen LogP) is 5.20. The van der Waals surface area contributed by atoms with Crippen molar-refractivity contribution < 1.29 is 9.50 Å². The largest absolute Gasteiger partial charge is 0.507 e. The van der Waals surface area contributed by atoms with Gasteiger partial charge in [0.05, 0.1) is 17.3 Å². The summed E-state index contributed by atoms with van der Waals surface area (Å²) < 4.78 is 17.3. The van der Waals surface area contributed by atoms with Crippen LogP contribution in [0.15, 0.2) is 48.8 Å². The Hall–Kier alpha value is -2.77. The molecule has 1 saturated heterocycles. The number of halogens is 2. The van der Waals surface area contributed by atoms with Gasteiger partial charge in [-0.05, 0) is 64.4 Å². The third-order valence-corrected chi connectivity index (χ3v) is 6.22. The second kappa shape index (κ2) is 7.67. The lowest BCUT2D eigenvalue weighted by Gasteiger charge is -2.49. The fourth-order valence-electron chi connectivity index (χ4n) is 5.01. The maximum Gasteiger partial charge on any atom is 0.162 e. The molecule has 0 unspecified atom stereocenters. The summed E-state index contributed by atoms with van der Waals surface area (Å²) in [5.41, 5.74) is 1.68. The van der Waals surface area contributed by atoms with E-state index in [1.54, 1.807) is 12.3 Å². The normalized spacial score (nSPS) is 22.0. The van der Waals surface area contributed by atoms with E-state index in [-0.39, 0.29) is 29.7 Å². The van der Waals surface area contributed by atoms with Crippen molar-refractivity contribution in [3.63, 3.8) is 0 Å². The van der Waals surface area contributed by atoms with E-state index in [0.29, 0.717) is 23.3 Å². The molecular formula is C24H27ClFN5O. The number of hydrogen-bond donors (Lipinski definition) is 2. The van der Waals surface area contributed by atoms with Crippen LogP contribution in [0.4, 0.5) is 4.39 Å². The number of alkyl halides is 1. The highest BCUT2D eigenvalue weighted by Crippen LogP contribution is 2.40. The Morgan fingerprint density at radius 2 is 1.88 bits per heavy atom. The molecule has 6 nitrogen and oxygen atoms in total. The second-order valence-electron chi connectivity index (χ2n) is 9.70. The van der Waals surface area contributed by atoms with Crippen LogP contribution in [0.5, 0.6) is 5.75 Å². The van der Waals surface area contributed by atoms with Crippen molar-refractivity contribution in [2.45, 2.75) is 57.4 Å². The number of pyridine rings is 1. The van der Waals surface area contributed by atoms with Gasteiger partial charge in [-0.2, -0.15) is 0 Å². The highest BCUT2D eigenvalue weighted by atomic mass is 35.5. The van der Waals surface area contributed by atoms with E-state index in [9.17, 15) is 5.11 Å². The molecule has 0 radical (unpaired) electrons. The van der Waals surface area contributed by atoms with Crippen LogP contribution in [0.3, 0.4) is 0 Å². The fourth-order valence-corrected chi connectivity index (χ4v) is 5.01. The zero-order valence-electron chi connectivity index (χ0n) is 18.5. The van der Waals surface area contributed by atoms with Gasteiger partial charge in [-0.15, -0.1) is 22.6 Å². The van der Waals surface area contributed by atoms with Gasteiger partial charge in [0, 0.05) is 39.8 Å². The molecule has 5 rings (SSSR count). The molecule has 4 heterocycles. The van der Waals surface area contributed by atoms with Gasteiger partial charge in [-0.1, -0.05) is 6.07 Å². The summed E-state index contributed by atoms with van der Waals surface area (Å²) in [6.45, 7) is 7.99. The van der Waals surface area contributed by atoms with Gasteiger partial charge < -0.3 is 15.0 Å². The number of phenolic OH excluding ortho intramolecular Hbond substituents is 1. The van der Waals surface area contributed by atoms with E-state index in [1.165, 1.54) is 0 Å². The molecule has 1 aliphatic rings. The summed E-state index contributed by atoms with van der Waals surface area (Å²) in [5.74, 6) is 0.124. The minimum Gasteiger partial charge on any atom is -0.507 e. The smallest absolute Gasteiger partial charge is 0.162 e. The van der Waals surface area contributed by atoms with Crippen LogP contribution in [0.1, 0.15) is 40.2 Å². The summed E-state index contributed by atoms with van der Waals surface area (Å²) in [5, 5.41) is 24.5. The number of fused-ring (bicyclic) bond motifs is 2. The topological polar surface area (TPSA) is 75.9 Å². The maximum absolute atomic E-state index is 15.4. The van der Waals surface area contributed by atoms with E-state index in [4.69, 9.17) is 0 Å². The average Bonchev–Trinajstić information content (AvgIpc) is 3.12. The molecule has 1 fully saturated rings. The third kappa shape index (κ3) is 3.69. The molecule has 0 spiro atoms. The van der Waals surface area contributed by atoms with Crippen LogP contribution in [-0.2, 0) is 0 Å².